The number of hydrogen-bond donors (Lipinski definition) is 4. The third-order valence-corrected chi connectivity index (χ3v) is 8.96. The van der Waals surface area contributed by atoms with Gasteiger partial charge in [-0.15, -0.1) is 0 Å². The van der Waals surface area contributed by atoms with Crippen LogP contribution in [0.25, 0.3) is 0 Å². The number of benzene rings is 3. The topological polar surface area (TPSA) is 120 Å². The van der Waals surface area contributed by atoms with Crippen LogP contribution >= 0.6 is 0 Å². The molecule has 9 nitrogen and oxygen atoms in total. The van der Waals surface area contributed by atoms with Gasteiger partial charge < -0.3 is 25.8 Å². The van der Waals surface area contributed by atoms with Crippen LogP contribution in [-0.2, 0) is 23.0 Å². The second-order valence-corrected chi connectivity index (χ2v) is 12.2. The minimum Gasteiger partial charge on any atom is -0.497 e. The van der Waals surface area contributed by atoms with Crippen LogP contribution in [0.2, 0.25) is 0 Å². The van der Waals surface area contributed by atoms with Crippen molar-refractivity contribution >= 4 is 27.3 Å². The predicted molar refractivity (Wildman–Crippen MR) is 163 cm³/mol. The Kier molecular flexibility index (Phi) is 10.6. The third-order valence-electron chi connectivity index (χ3n) is 7.09. The number of sulfonamides is 1. The number of anilines is 2. The molecule has 4 rings (SSSR count). The number of nitrogens with one attached hydrogen (secondary N) is 3. The Bertz CT molecular complexity index is 1400. The molecule has 0 unspecified atom stereocenters. The molecule has 41 heavy (non-hydrogen) atoms. The highest BCUT2D eigenvalue weighted by atomic mass is 32.2. The van der Waals surface area contributed by atoms with Gasteiger partial charge in [0.1, 0.15) is 5.75 Å². The van der Waals surface area contributed by atoms with Gasteiger partial charge >= 0.3 is 0 Å². The van der Waals surface area contributed by atoms with Crippen LogP contribution in [-0.4, -0.2) is 64.1 Å². The Labute approximate surface area is 243 Å². The van der Waals surface area contributed by atoms with E-state index in [1.165, 1.54) is 4.31 Å². The number of aliphatic hydroxyl groups is 1. The summed E-state index contributed by atoms with van der Waals surface area (Å²) in [6, 6.07) is 21.9. The first-order valence-corrected chi connectivity index (χ1v) is 15.7. The van der Waals surface area contributed by atoms with E-state index in [0.29, 0.717) is 49.4 Å². The van der Waals surface area contributed by atoms with E-state index in [2.05, 4.69) is 16.0 Å². The number of hydrogen-bond acceptors (Lipinski definition) is 7. The molecule has 220 valence electrons. The molecule has 1 amide bonds. The molecule has 0 saturated carbocycles. The molecule has 0 aliphatic carbocycles. The molecule has 4 N–H and O–H groups in total. The highest BCUT2D eigenvalue weighted by Gasteiger charge is 2.28. The zero-order chi connectivity index (χ0) is 29.2. The highest BCUT2D eigenvalue weighted by Crippen LogP contribution is 2.28. The number of nitrogens with zero attached hydrogens (tertiary/aromatic N) is 1. The summed E-state index contributed by atoms with van der Waals surface area (Å²) in [5.41, 5.74) is 3.45. The fourth-order valence-corrected chi connectivity index (χ4v) is 6.59. The molecular formula is C31H40N4O5S. The van der Waals surface area contributed by atoms with Gasteiger partial charge in [-0.25, -0.2) is 8.42 Å². The van der Waals surface area contributed by atoms with Crippen LogP contribution in [0.5, 0.6) is 5.75 Å². The van der Waals surface area contributed by atoms with E-state index in [1.807, 2.05) is 61.5 Å². The maximum absolute atomic E-state index is 13.6. The highest BCUT2D eigenvalue weighted by molar-refractivity contribution is 7.92. The molecule has 1 saturated heterocycles. The van der Waals surface area contributed by atoms with Crippen molar-refractivity contribution in [3.8, 4) is 5.75 Å². The molecule has 2 atom stereocenters. The molecule has 10 heteroatoms. The fourth-order valence-electron chi connectivity index (χ4n) is 4.96. The summed E-state index contributed by atoms with van der Waals surface area (Å²) in [6.07, 6.45) is 0.933. The predicted octanol–water partition coefficient (Wildman–Crippen LogP) is 3.55. The van der Waals surface area contributed by atoms with Gasteiger partial charge in [-0.1, -0.05) is 42.5 Å². The number of rotatable bonds is 13. The number of ether oxygens (including phenoxy) is 1. The van der Waals surface area contributed by atoms with Crippen LogP contribution in [0.3, 0.4) is 0 Å². The van der Waals surface area contributed by atoms with Crippen molar-refractivity contribution in [3.05, 3.63) is 89.5 Å². The second-order valence-electron chi connectivity index (χ2n) is 10.2. The van der Waals surface area contributed by atoms with E-state index in [1.54, 1.807) is 25.3 Å². The number of aliphatic hydroxyl groups excluding tert-OH is 1. The van der Waals surface area contributed by atoms with E-state index >= 15 is 0 Å². The number of amides is 1. The molecule has 1 fully saturated rings. The largest absolute Gasteiger partial charge is 0.497 e. The van der Waals surface area contributed by atoms with Crippen molar-refractivity contribution in [2.75, 3.05) is 42.1 Å². The summed E-state index contributed by atoms with van der Waals surface area (Å²) in [4.78, 5) is 13.6. The summed E-state index contributed by atoms with van der Waals surface area (Å²) < 4.78 is 32.3. The minimum absolute atomic E-state index is 0.0913. The Morgan fingerprint density at radius 1 is 1.02 bits per heavy atom. The molecule has 0 spiro atoms. The van der Waals surface area contributed by atoms with Crippen molar-refractivity contribution in [1.29, 1.82) is 0 Å². The van der Waals surface area contributed by atoms with Gasteiger partial charge in [0.25, 0.3) is 5.91 Å². The van der Waals surface area contributed by atoms with E-state index in [9.17, 15) is 18.3 Å². The maximum Gasteiger partial charge on any atom is 0.251 e. The first kappa shape index (κ1) is 30.4. The summed E-state index contributed by atoms with van der Waals surface area (Å²) in [5, 5.41) is 20.7. The van der Waals surface area contributed by atoms with Crippen molar-refractivity contribution in [1.82, 2.24) is 10.6 Å². The Balaban J connectivity index is 1.53. The fraction of sp³-hybridized carbons (Fsp3) is 0.387. The standard InChI is InChI=1S/C31H40N4O5S/c1-3-33-26-18-25(19-27(20-26)35-14-7-8-15-41(35,38)39)31(37)34-29(17-23-10-5-4-6-11-23)30(36)22-32-21-24-12-9-13-28(16-24)40-2/h4-6,9-13,16,18-20,29-30,32-33,36H,3,7-8,14-15,17,21-22H2,1-2H3,(H,34,37)/t29-,30+/m0/s1. The molecule has 3 aromatic rings. The zero-order valence-electron chi connectivity index (χ0n) is 23.7. The molecule has 3 aromatic carbocycles. The lowest BCUT2D eigenvalue weighted by molar-refractivity contribution is 0.0830. The lowest BCUT2D eigenvalue weighted by Gasteiger charge is -2.29. The normalized spacial score (nSPS) is 16.0. The lowest BCUT2D eigenvalue weighted by atomic mass is 10.00. The number of carbonyl (C=O) groups is 1. The average molecular weight is 581 g/mol. The van der Waals surface area contributed by atoms with Crippen molar-refractivity contribution in [2.45, 2.75) is 44.9 Å². The minimum atomic E-state index is -3.45. The molecule has 0 radical (unpaired) electrons. The van der Waals surface area contributed by atoms with Gasteiger partial charge in [-0.3, -0.25) is 9.10 Å². The first-order valence-electron chi connectivity index (χ1n) is 14.0. The SMILES string of the molecule is CCNc1cc(C(=O)N[C@@H](Cc2ccccc2)[C@H](O)CNCc2cccc(OC)c2)cc(N2CCCCS2(=O)=O)c1. The molecule has 1 aliphatic heterocycles. The Hall–Kier alpha value is -3.60. The Morgan fingerprint density at radius 3 is 2.54 bits per heavy atom. The van der Waals surface area contributed by atoms with Crippen molar-refractivity contribution in [3.63, 3.8) is 0 Å². The van der Waals surface area contributed by atoms with Gasteiger partial charge in [0.05, 0.1) is 30.7 Å². The van der Waals surface area contributed by atoms with E-state index in [-0.39, 0.29) is 18.2 Å². The molecule has 1 aliphatic rings. The van der Waals surface area contributed by atoms with Crippen LogP contribution in [0, 0.1) is 0 Å². The zero-order valence-corrected chi connectivity index (χ0v) is 24.5. The summed E-state index contributed by atoms with van der Waals surface area (Å²) in [5.74, 6) is 0.470. The van der Waals surface area contributed by atoms with Gasteiger partial charge in [-0.2, -0.15) is 0 Å². The molecule has 0 bridgehead atoms. The van der Waals surface area contributed by atoms with E-state index in [0.717, 1.165) is 23.3 Å². The molecule has 1 heterocycles. The first-order chi connectivity index (χ1) is 19.8. The maximum atomic E-state index is 13.6. The van der Waals surface area contributed by atoms with Crippen LogP contribution in [0.1, 0.15) is 41.3 Å². The average Bonchev–Trinajstić information content (AvgIpc) is 2.97. The lowest BCUT2D eigenvalue weighted by Crippen LogP contribution is -2.48. The van der Waals surface area contributed by atoms with E-state index < -0.39 is 22.2 Å². The third kappa shape index (κ3) is 8.45. The van der Waals surface area contributed by atoms with Crippen LogP contribution < -0.4 is 25.0 Å². The number of carbonyl (C=O) groups excluding carboxylic acids is 1. The summed E-state index contributed by atoms with van der Waals surface area (Å²) >= 11 is 0. The van der Waals surface area contributed by atoms with E-state index in [4.69, 9.17) is 4.74 Å². The smallest absolute Gasteiger partial charge is 0.251 e. The molecule has 0 aromatic heterocycles. The van der Waals surface area contributed by atoms with Gasteiger partial charge in [0, 0.05) is 37.4 Å². The summed E-state index contributed by atoms with van der Waals surface area (Å²) in [7, 11) is -1.83. The van der Waals surface area contributed by atoms with Crippen molar-refractivity contribution in [2.24, 2.45) is 0 Å². The number of methoxy groups -OCH3 is 1. The van der Waals surface area contributed by atoms with Gasteiger partial charge in [-0.05, 0) is 67.6 Å². The quantitative estimate of drug-likeness (QED) is 0.244. The Morgan fingerprint density at radius 2 is 1.80 bits per heavy atom. The van der Waals surface area contributed by atoms with Crippen molar-refractivity contribution < 1.29 is 23.1 Å². The second kappa shape index (κ2) is 14.3. The molecular weight excluding hydrogens is 540 g/mol. The van der Waals surface area contributed by atoms with Crippen LogP contribution in [0.15, 0.2) is 72.8 Å². The van der Waals surface area contributed by atoms with Gasteiger partial charge in [0.2, 0.25) is 10.0 Å². The van der Waals surface area contributed by atoms with Crippen LogP contribution in [0.4, 0.5) is 11.4 Å². The monoisotopic (exact) mass is 580 g/mol. The summed E-state index contributed by atoms with van der Waals surface area (Å²) in [6.45, 7) is 3.72. The van der Waals surface area contributed by atoms with Gasteiger partial charge in [0.15, 0.2) is 0 Å².